The lowest BCUT2D eigenvalue weighted by molar-refractivity contribution is 0.139. The van der Waals surface area contributed by atoms with Crippen molar-refractivity contribution in [2.24, 2.45) is 0 Å². The Morgan fingerprint density at radius 2 is 0.859 bits per heavy atom. The highest BCUT2D eigenvalue weighted by atomic mass is 35.8. The Labute approximate surface area is 396 Å². The van der Waals surface area contributed by atoms with Gasteiger partial charge in [0, 0.05) is 24.2 Å². The van der Waals surface area contributed by atoms with Crippen molar-refractivity contribution in [3.8, 4) is 0 Å². The third kappa shape index (κ3) is 16.6. The fraction of sp³-hybridized carbons (Fsp3) is 0.283. The molecule has 64 heavy (non-hydrogen) atoms. The molecule has 0 fully saturated rings. The minimum absolute atomic E-state index is 0.217. The number of rotatable bonds is 21. The molecule has 0 atom stereocenters. The van der Waals surface area contributed by atoms with Crippen LogP contribution in [0.15, 0.2) is 160 Å². The number of ether oxygens (including phenoxy) is 2. The third-order valence-electron chi connectivity index (χ3n) is 11.0. The van der Waals surface area contributed by atoms with Crippen LogP contribution in [0.5, 0.6) is 0 Å². The molecule has 0 heterocycles. The normalized spacial score (nSPS) is 11.1. The number of fused-ring (bicyclic) bond motifs is 4. The second-order valence-electron chi connectivity index (χ2n) is 15.8. The van der Waals surface area contributed by atoms with Gasteiger partial charge < -0.3 is 20.1 Å². The van der Waals surface area contributed by atoms with Gasteiger partial charge in [0.05, 0.1) is 8.07 Å². The summed E-state index contributed by atoms with van der Waals surface area (Å²) in [6.07, 6.45) is 11.9. The molecule has 338 valence electrons. The molecule has 6 nitrogen and oxygen atoms in total. The maximum Gasteiger partial charge on any atom is 0.407 e. The highest BCUT2D eigenvalue weighted by molar-refractivity contribution is 7.64. The zero-order chi connectivity index (χ0) is 46.2. The zero-order valence-corrected chi connectivity index (χ0v) is 41.5. The number of allylic oxidation sites excluding steroid dienone is 4. The van der Waals surface area contributed by atoms with Crippen molar-refractivity contribution < 1.29 is 19.1 Å². The van der Waals surface area contributed by atoms with Gasteiger partial charge >= 0.3 is 18.2 Å². The van der Waals surface area contributed by atoms with Crippen LogP contribution in [-0.2, 0) is 22.7 Å². The summed E-state index contributed by atoms with van der Waals surface area (Å²) >= 11 is 17.5. The minimum atomic E-state index is -2.57. The average Bonchev–Trinajstić information content (AvgIpc) is 3.29. The number of hydrogen-bond donors (Lipinski definition) is 2. The van der Waals surface area contributed by atoms with Crippen molar-refractivity contribution in [3.63, 3.8) is 0 Å². The van der Waals surface area contributed by atoms with Gasteiger partial charge in [-0.15, -0.1) is 59.6 Å². The van der Waals surface area contributed by atoms with E-state index in [2.05, 4.69) is 105 Å². The smallest absolute Gasteiger partial charge is 0.407 e. The summed E-state index contributed by atoms with van der Waals surface area (Å²) < 4.78 is 11.1. The van der Waals surface area contributed by atoms with Gasteiger partial charge in [-0.1, -0.05) is 147 Å². The molecule has 0 spiro atoms. The van der Waals surface area contributed by atoms with E-state index in [4.69, 9.17) is 42.7 Å². The van der Waals surface area contributed by atoms with Gasteiger partial charge in [0.25, 0.3) is 0 Å². The van der Waals surface area contributed by atoms with Crippen LogP contribution in [0.1, 0.15) is 50.2 Å². The Morgan fingerprint density at radius 1 is 0.531 bits per heavy atom. The lowest BCUT2D eigenvalue weighted by atomic mass is 9.97. The Balaban J connectivity index is 0.000000263. The molecular formula is C53H63Cl3N2O4Si2. The van der Waals surface area contributed by atoms with E-state index in [1.807, 2.05) is 72.8 Å². The Hall–Kier alpha value is -4.84. The molecular weight excluding hydrogens is 891 g/mol. The van der Waals surface area contributed by atoms with Gasteiger partial charge in [0.2, 0.25) is 0 Å². The van der Waals surface area contributed by atoms with Crippen molar-refractivity contribution >= 4 is 103 Å². The first-order valence-electron chi connectivity index (χ1n) is 22.1. The van der Waals surface area contributed by atoms with E-state index in [0.717, 1.165) is 104 Å². The topological polar surface area (TPSA) is 76.7 Å². The number of hydrogen-bond acceptors (Lipinski definition) is 4. The summed E-state index contributed by atoms with van der Waals surface area (Å²) in [7, 11) is -1.48. The van der Waals surface area contributed by atoms with Gasteiger partial charge in [0.1, 0.15) is 13.2 Å². The summed E-state index contributed by atoms with van der Waals surface area (Å²) in [5.74, 6) is 0. The molecule has 0 unspecified atom stereocenters. The summed E-state index contributed by atoms with van der Waals surface area (Å²) in [6.45, 7) is 19.0. The van der Waals surface area contributed by atoms with E-state index < -0.39 is 20.2 Å². The molecule has 0 aliphatic carbocycles. The van der Waals surface area contributed by atoms with Gasteiger partial charge in [-0.2, -0.15) is 0 Å². The quantitative estimate of drug-likeness (QED) is 0.0248. The van der Waals surface area contributed by atoms with E-state index in [-0.39, 0.29) is 19.3 Å². The molecule has 0 aromatic heterocycles. The first-order valence-corrected chi connectivity index (χ1v) is 30.2. The van der Waals surface area contributed by atoms with Crippen molar-refractivity contribution in [1.82, 2.24) is 10.6 Å². The molecule has 0 saturated heterocycles. The van der Waals surface area contributed by atoms with Crippen molar-refractivity contribution in [2.45, 2.75) is 82.5 Å². The standard InChI is InChI=1S/C29H35NO2Si.C20H20Cl3NO2Si.C4H8/c1-4-18-33(19-5-2,20-6-3)21-12-11-17-30-29(31)32-23-28-26-15-9-7-13-24(26)22-25-14-8-10-16-27(25)28;21-27(22,23)12-6-5-11-24-20(25)26-14-19-17-9-3-1-7-15(17)13-16-8-2-4-10-18(16)19;1-3-4-2/h4-10,13-16,22H,1-3,11-12,17-21,23H2,(H,30,31);1-4,7-10,13H,5-6,11-12,14H2,(H,24,25);3H,1,4H2,2H3. The first-order chi connectivity index (χ1) is 31.0. The molecule has 11 heteroatoms. The lowest BCUT2D eigenvalue weighted by Crippen LogP contribution is -2.32. The van der Waals surface area contributed by atoms with Crippen molar-refractivity contribution in [2.75, 3.05) is 13.1 Å². The lowest BCUT2D eigenvalue weighted by Gasteiger charge is -2.28. The Morgan fingerprint density at radius 3 is 1.17 bits per heavy atom. The predicted molar refractivity (Wildman–Crippen MR) is 282 cm³/mol. The number of unbranched alkanes of at least 4 members (excludes halogenated alkanes) is 2. The Kier molecular flexibility index (Phi) is 22.2. The molecule has 2 N–H and O–H groups in total. The number of alkyl carbamates (subject to hydrolysis) is 2. The highest BCUT2D eigenvalue weighted by Gasteiger charge is 2.28. The number of carbonyl (C=O) groups is 2. The van der Waals surface area contributed by atoms with Crippen LogP contribution in [-0.4, -0.2) is 39.4 Å². The van der Waals surface area contributed by atoms with Crippen LogP contribution < -0.4 is 10.6 Å². The van der Waals surface area contributed by atoms with E-state index in [1.54, 1.807) is 0 Å². The van der Waals surface area contributed by atoms with Crippen molar-refractivity contribution in [3.05, 3.63) is 171 Å². The summed E-state index contributed by atoms with van der Waals surface area (Å²) in [5.41, 5.74) is 2.06. The van der Waals surface area contributed by atoms with Crippen LogP contribution in [0, 0.1) is 0 Å². The average molecular weight is 955 g/mol. The monoisotopic (exact) mass is 952 g/mol. The van der Waals surface area contributed by atoms with Crippen molar-refractivity contribution in [1.29, 1.82) is 0 Å². The van der Waals surface area contributed by atoms with Gasteiger partial charge in [0.15, 0.2) is 0 Å². The SMILES string of the molecule is C=CCC.C=CC[Si](CC=C)(CC=C)CCCCNC(=O)OCc1c2ccccc2cc2ccccc12.O=C(NCCCC[Si](Cl)(Cl)Cl)OCc1c2ccccc2cc2ccccc12. The molecule has 0 saturated carbocycles. The van der Waals surface area contributed by atoms with E-state index in [1.165, 1.54) is 6.04 Å². The van der Waals surface area contributed by atoms with Crippen LogP contribution in [0.3, 0.4) is 0 Å². The minimum Gasteiger partial charge on any atom is -0.445 e. The van der Waals surface area contributed by atoms with Crippen LogP contribution in [0.25, 0.3) is 43.1 Å². The maximum absolute atomic E-state index is 12.4. The van der Waals surface area contributed by atoms with E-state index >= 15 is 0 Å². The number of amides is 2. The van der Waals surface area contributed by atoms with E-state index in [9.17, 15) is 9.59 Å². The second-order valence-corrected chi connectivity index (χ2v) is 29.8. The fourth-order valence-electron chi connectivity index (χ4n) is 7.84. The number of carbonyl (C=O) groups excluding carboxylic acids is 2. The molecule has 6 aromatic rings. The number of benzene rings is 6. The zero-order valence-electron chi connectivity index (χ0n) is 37.2. The Bertz CT molecular complexity index is 2340. The van der Waals surface area contributed by atoms with Crippen LogP contribution in [0.4, 0.5) is 9.59 Å². The van der Waals surface area contributed by atoms with Crippen LogP contribution >= 0.6 is 33.2 Å². The van der Waals surface area contributed by atoms with Crippen LogP contribution in [0.2, 0.25) is 30.2 Å². The first kappa shape index (κ1) is 51.8. The fourth-order valence-corrected chi connectivity index (χ4v) is 13.6. The summed E-state index contributed by atoms with van der Waals surface area (Å²) in [6, 6.07) is 39.5. The molecule has 6 rings (SSSR count). The highest BCUT2D eigenvalue weighted by Crippen LogP contribution is 2.32. The maximum atomic E-state index is 12.4. The third-order valence-corrected chi connectivity index (χ3v) is 18.5. The number of halogens is 3. The van der Waals surface area contributed by atoms with E-state index in [0.29, 0.717) is 19.1 Å². The molecule has 2 amide bonds. The molecule has 0 radical (unpaired) electrons. The largest absolute Gasteiger partial charge is 0.445 e. The molecule has 6 aromatic carbocycles. The second kappa shape index (κ2) is 27.5. The summed E-state index contributed by atoms with van der Waals surface area (Å²) in [5, 5.41) is 14.7. The molecule has 0 aliphatic heterocycles. The molecule has 0 aliphatic rings. The predicted octanol–water partition coefficient (Wildman–Crippen LogP) is 16.2. The van der Waals surface area contributed by atoms with Gasteiger partial charge in [-0.05, 0) is 98.7 Å². The van der Waals surface area contributed by atoms with Gasteiger partial charge in [-0.25, -0.2) is 9.59 Å². The molecule has 0 bridgehead atoms. The van der Waals surface area contributed by atoms with Gasteiger partial charge in [-0.3, -0.25) is 0 Å². The number of nitrogens with one attached hydrogen (secondary N) is 2. The summed E-state index contributed by atoms with van der Waals surface area (Å²) in [4.78, 5) is 24.4.